The number of hydrogen-bond donors (Lipinski definition) is 1. The van der Waals surface area contributed by atoms with Crippen molar-refractivity contribution in [2.45, 2.75) is 26.4 Å². The molecule has 1 saturated heterocycles. The second-order valence-corrected chi connectivity index (χ2v) is 6.60. The lowest BCUT2D eigenvalue weighted by molar-refractivity contribution is -0.127. The Morgan fingerprint density at radius 1 is 1.19 bits per heavy atom. The number of aryl methyl sites for hydroxylation is 1. The standard InChI is InChI=1S/C19H18N4O2S/c1-12-16(13(2)23(21-12)14-7-4-3-5-8-14)17-18(24)22(19(26)20-17)11-15-9-6-10-25-15/h3-10,17H,11H2,1-2H3,(H,20,26)/t17-/m1/s1. The SMILES string of the molecule is Cc1nn(-c2ccccc2)c(C)c1[C@H]1NC(=S)N(Cc2ccco2)C1=O. The van der Waals surface area contributed by atoms with Crippen LogP contribution in [0.3, 0.4) is 0 Å². The highest BCUT2D eigenvalue weighted by Gasteiger charge is 2.39. The monoisotopic (exact) mass is 366 g/mol. The molecule has 0 radical (unpaired) electrons. The molecule has 3 aromatic rings. The van der Waals surface area contributed by atoms with Crippen LogP contribution in [-0.4, -0.2) is 25.7 Å². The predicted molar refractivity (Wildman–Crippen MR) is 101 cm³/mol. The molecule has 0 spiro atoms. The largest absolute Gasteiger partial charge is 0.467 e. The van der Waals surface area contributed by atoms with Gasteiger partial charge in [-0.25, -0.2) is 4.68 Å². The smallest absolute Gasteiger partial charge is 0.256 e. The fourth-order valence-electron chi connectivity index (χ4n) is 3.32. The highest BCUT2D eigenvalue weighted by atomic mass is 32.1. The molecule has 26 heavy (non-hydrogen) atoms. The van der Waals surface area contributed by atoms with Crippen LogP contribution in [0.15, 0.2) is 53.1 Å². The Labute approximate surface area is 156 Å². The second-order valence-electron chi connectivity index (χ2n) is 6.22. The molecule has 1 aliphatic heterocycles. The number of furan rings is 1. The average Bonchev–Trinajstić information content (AvgIpc) is 3.32. The van der Waals surface area contributed by atoms with Gasteiger partial charge in [0.15, 0.2) is 5.11 Å². The van der Waals surface area contributed by atoms with E-state index in [1.54, 1.807) is 12.3 Å². The predicted octanol–water partition coefficient (Wildman–Crippen LogP) is 3.04. The Hall–Kier alpha value is -2.93. The van der Waals surface area contributed by atoms with E-state index in [2.05, 4.69) is 10.4 Å². The normalized spacial score (nSPS) is 17.0. The molecule has 4 rings (SSSR count). The Morgan fingerprint density at radius 2 is 1.96 bits per heavy atom. The molecule has 0 saturated carbocycles. The summed E-state index contributed by atoms with van der Waals surface area (Å²) < 4.78 is 7.20. The van der Waals surface area contributed by atoms with Gasteiger partial charge in [-0.05, 0) is 50.3 Å². The van der Waals surface area contributed by atoms with E-state index in [9.17, 15) is 4.79 Å². The quantitative estimate of drug-likeness (QED) is 0.719. The lowest BCUT2D eigenvalue weighted by atomic mass is 10.0. The summed E-state index contributed by atoms with van der Waals surface area (Å²) in [6, 6.07) is 12.9. The molecule has 0 aliphatic carbocycles. The number of rotatable bonds is 4. The second kappa shape index (κ2) is 6.42. The van der Waals surface area contributed by atoms with Crippen LogP contribution in [0.25, 0.3) is 5.69 Å². The van der Waals surface area contributed by atoms with Crippen LogP contribution >= 0.6 is 12.2 Å². The number of benzene rings is 1. The van der Waals surface area contributed by atoms with Crippen molar-refractivity contribution in [2.75, 3.05) is 0 Å². The summed E-state index contributed by atoms with van der Waals surface area (Å²) in [6.45, 7) is 4.20. The zero-order valence-electron chi connectivity index (χ0n) is 14.5. The van der Waals surface area contributed by atoms with Gasteiger partial charge in [-0.3, -0.25) is 9.69 Å². The zero-order chi connectivity index (χ0) is 18.3. The third-order valence-electron chi connectivity index (χ3n) is 4.56. The van der Waals surface area contributed by atoms with Crippen molar-refractivity contribution in [3.05, 3.63) is 71.4 Å². The van der Waals surface area contributed by atoms with E-state index in [1.165, 1.54) is 4.90 Å². The minimum Gasteiger partial charge on any atom is -0.467 e. The van der Waals surface area contributed by atoms with Crippen LogP contribution < -0.4 is 5.32 Å². The van der Waals surface area contributed by atoms with E-state index in [0.717, 1.165) is 22.6 Å². The summed E-state index contributed by atoms with van der Waals surface area (Å²) in [5, 5.41) is 8.18. The van der Waals surface area contributed by atoms with E-state index >= 15 is 0 Å². The zero-order valence-corrected chi connectivity index (χ0v) is 15.3. The van der Waals surface area contributed by atoms with Crippen molar-refractivity contribution < 1.29 is 9.21 Å². The van der Waals surface area contributed by atoms with E-state index in [-0.39, 0.29) is 5.91 Å². The number of thiocarbonyl (C=S) groups is 1. The van der Waals surface area contributed by atoms with Crippen molar-refractivity contribution in [1.82, 2.24) is 20.0 Å². The van der Waals surface area contributed by atoms with Crippen LogP contribution in [0.1, 0.15) is 28.8 Å². The van der Waals surface area contributed by atoms with Crippen LogP contribution in [-0.2, 0) is 11.3 Å². The van der Waals surface area contributed by atoms with Crippen LogP contribution in [0.5, 0.6) is 0 Å². The number of nitrogens with zero attached hydrogens (tertiary/aromatic N) is 3. The van der Waals surface area contributed by atoms with Gasteiger partial charge >= 0.3 is 0 Å². The molecule has 3 heterocycles. The maximum atomic E-state index is 13.0. The van der Waals surface area contributed by atoms with E-state index in [0.29, 0.717) is 17.4 Å². The Morgan fingerprint density at radius 3 is 2.65 bits per heavy atom. The third-order valence-corrected chi connectivity index (χ3v) is 4.89. The number of carbonyl (C=O) groups is 1. The molecular formula is C19H18N4O2S. The van der Waals surface area contributed by atoms with Gasteiger partial charge in [-0.1, -0.05) is 18.2 Å². The molecule has 1 aliphatic rings. The summed E-state index contributed by atoms with van der Waals surface area (Å²) in [5.74, 6) is 0.599. The van der Waals surface area contributed by atoms with Crippen molar-refractivity contribution in [3.8, 4) is 5.69 Å². The first-order valence-corrected chi connectivity index (χ1v) is 8.73. The molecular weight excluding hydrogens is 348 g/mol. The third kappa shape index (κ3) is 2.70. The van der Waals surface area contributed by atoms with Crippen molar-refractivity contribution in [1.29, 1.82) is 0 Å². The molecule has 1 amide bonds. The fourth-order valence-corrected chi connectivity index (χ4v) is 3.59. The van der Waals surface area contributed by atoms with Crippen LogP contribution in [0, 0.1) is 13.8 Å². The molecule has 2 aromatic heterocycles. The average molecular weight is 366 g/mol. The molecule has 1 N–H and O–H groups in total. The molecule has 7 heteroatoms. The summed E-state index contributed by atoms with van der Waals surface area (Å²) >= 11 is 5.38. The lowest BCUT2D eigenvalue weighted by Gasteiger charge is -2.13. The summed E-state index contributed by atoms with van der Waals surface area (Å²) in [6.07, 6.45) is 1.59. The fraction of sp³-hybridized carbons (Fsp3) is 0.211. The van der Waals surface area contributed by atoms with Gasteiger partial charge in [0.2, 0.25) is 0 Å². The molecule has 0 unspecified atom stereocenters. The number of hydrogen-bond acceptors (Lipinski definition) is 4. The summed E-state index contributed by atoms with van der Waals surface area (Å²) in [7, 11) is 0. The van der Waals surface area contributed by atoms with Gasteiger partial charge in [-0.15, -0.1) is 0 Å². The molecule has 132 valence electrons. The number of carbonyl (C=O) groups excluding carboxylic acids is 1. The van der Waals surface area contributed by atoms with Crippen molar-refractivity contribution >= 4 is 23.2 Å². The summed E-state index contributed by atoms with van der Waals surface area (Å²) in [4.78, 5) is 14.5. The molecule has 1 atom stereocenters. The van der Waals surface area contributed by atoms with Crippen LogP contribution in [0.2, 0.25) is 0 Å². The lowest BCUT2D eigenvalue weighted by Crippen LogP contribution is -2.29. The Bertz CT molecular complexity index is 963. The molecule has 6 nitrogen and oxygen atoms in total. The molecule has 1 fully saturated rings. The first-order chi connectivity index (χ1) is 12.6. The van der Waals surface area contributed by atoms with E-state index < -0.39 is 6.04 Å². The van der Waals surface area contributed by atoms with Crippen LogP contribution in [0.4, 0.5) is 0 Å². The van der Waals surface area contributed by atoms with E-state index in [4.69, 9.17) is 16.6 Å². The van der Waals surface area contributed by atoms with Gasteiger partial charge in [0, 0.05) is 11.3 Å². The number of nitrogens with one attached hydrogen (secondary N) is 1. The van der Waals surface area contributed by atoms with Gasteiger partial charge in [0.25, 0.3) is 5.91 Å². The molecule has 1 aromatic carbocycles. The first kappa shape index (κ1) is 16.5. The van der Waals surface area contributed by atoms with Gasteiger partial charge in [-0.2, -0.15) is 5.10 Å². The van der Waals surface area contributed by atoms with E-state index in [1.807, 2.05) is 54.9 Å². The Kier molecular flexibility index (Phi) is 4.08. The number of para-hydroxylation sites is 1. The first-order valence-electron chi connectivity index (χ1n) is 8.32. The maximum absolute atomic E-state index is 13.0. The minimum absolute atomic E-state index is 0.0924. The maximum Gasteiger partial charge on any atom is 0.256 e. The minimum atomic E-state index is -0.532. The highest BCUT2D eigenvalue weighted by Crippen LogP contribution is 2.29. The summed E-state index contributed by atoms with van der Waals surface area (Å²) in [5.41, 5.74) is 3.55. The highest BCUT2D eigenvalue weighted by molar-refractivity contribution is 7.80. The topological polar surface area (TPSA) is 63.3 Å². The van der Waals surface area contributed by atoms with Gasteiger partial charge < -0.3 is 9.73 Å². The van der Waals surface area contributed by atoms with Gasteiger partial charge in [0.05, 0.1) is 24.2 Å². The van der Waals surface area contributed by atoms with Gasteiger partial charge in [0.1, 0.15) is 11.8 Å². The number of aromatic nitrogens is 2. The molecule has 0 bridgehead atoms. The Balaban J connectivity index is 1.67. The van der Waals surface area contributed by atoms with Crippen molar-refractivity contribution in [3.63, 3.8) is 0 Å². The number of amides is 1. The van der Waals surface area contributed by atoms with Crippen molar-refractivity contribution in [2.24, 2.45) is 0 Å².